The number of benzene rings is 2. The van der Waals surface area contributed by atoms with Gasteiger partial charge in [0.1, 0.15) is 17.3 Å². The molecule has 0 amide bonds. The highest BCUT2D eigenvalue weighted by Gasteiger charge is 2.28. The molecule has 3 aromatic rings. The van der Waals surface area contributed by atoms with Crippen LogP contribution in [-0.2, 0) is 13.6 Å². The summed E-state index contributed by atoms with van der Waals surface area (Å²) >= 11 is 0. The second-order valence-electron chi connectivity index (χ2n) is 9.11. The number of hydrogen-bond donors (Lipinski definition) is 1. The molecule has 4 rings (SSSR count). The molecule has 6 heteroatoms. The summed E-state index contributed by atoms with van der Waals surface area (Å²) < 4.78 is 21.4. The molecule has 176 valence electrons. The molecule has 5 nitrogen and oxygen atoms in total. The molecule has 0 saturated heterocycles. The van der Waals surface area contributed by atoms with E-state index in [2.05, 4.69) is 24.0 Å². The average Bonchev–Trinajstić information content (AvgIpc) is 3.58. The Hall–Kier alpha value is -2.70. The number of aromatic nitrogens is 2. The van der Waals surface area contributed by atoms with Gasteiger partial charge in [-0.15, -0.1) is 0 Å². The monoisotopic (exact) mass is 451 g/mol. The zero-order valence-corrected chi connectivity index (χ0v) is 19.6. The van der Waals surface area contributed by atoms with Crippen molar-refractivity contribution >= 4 is 0 Å². The van der Waals surface area contributed by atoms with E-state index in [9.17, 15) is 9.50 Å². The van der Waals surface area contributed by atoms with Crippen molar-refractivity contribution in [3.63, 3.8) is 0 Å². The van der Waals surface area contributed by atoms with Crippen LogP contribution in [0.3, 0.4) is 0 Å². The summed E-state index contributed by atoms with van der Waals surface area (Å²) in [6.07, 6.45) is 5.07. The molecule has 1 atom stereocenters. The third-order valence-electron chi connectivity index (χ3n) is 6.12. The number of aryl methyl sites for hydroxylation is 1. The van der Waals surface area contributed by atoms with Crippen molar-refractivity contribution in [1.29, 1.82) is 0 Å². The molecule has 1 aromatic heterocycles. The average molecular weight is 452 g/mol. The van der Waals surface area contributed by atoms with Crippen molar-refractivity contribution in [3.05, 3.63) is 66.0 Å². The molecular formula is C27H34FN3O2. The molecule has 1 heterocycles. The summed E-state index contributed by atoms with van der Waals surface area (Å²) in [4.78, 5) is 2.35. The number of aliphatic hydroxyl groups excluding tert-OH is 1. The minimum absolute atomic E-state index is 0.297. The van der Waals surface area contributed by atoms with Crippen molar-refractivity contribution < 1.29 is 14.2 Å². The Kier molecular flexibility index (Phi) is 7.78. The first-order valence-electron chi connectivity index (χ1n) is 12.0. The lowest BCUT2D eigenvalue weighted by Crippen LogP contribution is -2.34. The van der Waals surface area contributed by atoms with Crippen LogP contribution in [0.15, 0.2) is 54.6 Å². The van der Waals surface area contributed by atoms with E-state index in [0.29, 0.717) is 30.6 Å². The molecule has 33 heavy (non-hydrogen) atoms. The minimum atomic E-state index is -0.345. The molecule has 1 aliphatic carbocycles. The van der Waals surface area contributed by atoms with Crippen molar-refractivity contribution in [2.75, 3.05) is 13.1 Å². The lowest BCUT2D eigenvalue weighted by Gasteiger charge is -2.25. The summed E-state index contributed by atoms with van der Waals surface area (Å²) in [7, 11) is 1.87. The third kappa shape index (κ3) is 6.42. The largest absolute Gasteiger partial charge is 0.439 e. The highest BCUT2D eigenvalue weighted by Crippen LogP contribution is 2.36. The van der Waals surface area contributed by atoms with Crippen LogP contribution in [0.5, 0.6) is 11.6 Å². The summed E-state index contributed by atoms with van der Waals surface area (Å²) in [6.45, 7) is 4.38. The van der Waals surface area contributed by atoms with E-state index < -0.39 is 0 Å². The number of halogens is 1. The molecule has 1 N–H and O–H groups in total. The summed E-state index contributed by atoms with van der Waals surface area (Å²) in [6, 6.07) is 16.2. The first-order chi connectivity index (χ1) is 16.0. The Balaban J connectivity index is 1.65. The Bertz CT molecular complexity index is 1020. The fraction of sp³-hybridized carbons (Fsp3) is 0.444. The maximum Gasteiger partial charge on any atom is 0.222 e. The van der Waals surface area contributed by atoms with Gasteiger partial charge >= 0.3 is 0 Å². The highest BCUT2D eigenvalue weighted by atomic mass is 19.1. The van der Waals surface area contributed by atoms with Crippen LogP contribution in [0.25, 0.3) is 11.3 Å². The van der Waals surface area contributed by atoms with Crippen molar-refractivity contribution in [2.45, 2.75) is 51.7 Å². The van der Waals surface area contributed by atoms with Crippen molar-refractivity contribution in [1.82, 2.24) is 14.7 Å². The number of ether oxygens (including phenoxy) is 1. The van der Waals surface area contributed by atoms with E-state index >= 15 is 0 Å². The SMILES string of the molecule is CCCC[C@H](O)CN(Cc1c(-c2ccccc2)nn(C)c1Oc1ccc(F)cc1)CC1CC1. The van der Waals surface area contributed by atoms with Gasteiger partial charge in [-0.3, -0.25) is 4.90 Å². The lowest BCUT2D eigenvalue weighted by atomic mass is 10.1. The molecule has 1 saturated carbocycles. The Morgan fingerprint density at radius 1 is 1.15 bits per heavy atom. The van der Waals surface area contributed by atoms with E-state index in [1.54, 1.807) is 16.8 Å². The second kappa shape index (κ2) is 10.9. The normalized spacial score (nSPS) is 14.6. The molecule has 0 bridgehead atoms. The van der Waals surface area contributed by atoms with Gasteiger partial charge in [0.2, 0.25) is 5.88 Å². The maximum absolute atomic E-state index is 13.4. The lowest BCUT2D eigenvalue weighted by molar-refractivity contribution is 0.0966. The zero-order valence-electron chi connectivity index (χ0n) is 19.6. The fourth-order valence-corrected chi connectivity index (χ4v) is 4.19. The van der Waals surface area contributed by atoms with Crippen molar-refractivity contribution in [3.8, 4) is 22.9 Å². The van der Waals surface area contributed by atoms with Crippen LogP contribution in [-0.4, -0.2) is 39.0 Å². The van der Waals surface area contributed by atoms with Gasteiger partial charge in [-0.2, -0.15) is 5.10 Å². The molecule has 0 radical (unpaired) electrons. The minimum Gasteiger partial charge on any atom is -0.439 e. The summed E-state index contributed by atoms with van der Waals surface area (Å²) in [5.41, 5.74) is 2.88. The molecule has 0 spiro atoms. The van der Waals surface area contributed by atoms with Gasteiger partial charge in [-0.25, -0.2) is 9.07 Å². The van der Waals surface area contributed by atoms with E-state index in [-0.39, 0.29) is 11.9 Å². The predicted molar refractivity (Wildman–Crippen MR) is 129 cm³/mol. The first-order valence-corrected chi connectivity index (χ1v) is 12.0. The van der Waals surface area contributed by atoms with E-state index in [4.69, 9.17) is 9.84 Å². The molecule has 1 aliphatic rings. The molecule has 0 aliphatic heterocycles. The van der Waals surface area contributed by atoms with Gasteiger partial charge < -0.3 is 9.84 Å². The first kappa shape index (κ1) is 23.5. The zero-order chi connectivity index (χ0) is 23.2. The predicted octanol–water partition coefficient (Wildman–Crippen LogP) is 5.78. The number of nitrogens with zero attached hydrogens (tertiary/aromatic N) is 3. The third-order valence-corrected chi connectivity index (χ3v) is 6.12. The molecule has 0 unspecified atom stereocenters. The Morgan fingerprint density at radius 3 is 2.55 bits per heavy atom. The molecule has 2 aromatic carbocycles. The maximum atomic E-state index is 13.4. The number of aliphatic hydroxyl groups is 1. The summed E-state index contributed by atoms with van der Waals surface area (Å²) in [5.74, 6) is 1.61. The number of hydrogen-bond acceptors (Lipinski definition) is 4. The van der Waals surface area contributed by atoms with Gasteiger partial charge in [0.25, 0.3) is 0 Å². The van der Waals surface area contributed by atoms with Crippen LogP contribution in [0, 0.1) is 11.7 Å². The topological polar surface area (TPSA) is 50.5 Å². The quantitative estimate of drug-likeness (QED) is 0.379. The van der Waals surface area contributed by atoms with E-state index in [1.807, 2.05) is 25.2 Å². The fourth-order valence-electron chi connectivity index (χ4n) is 4.19. The van der Waals surface area contributed by atoms with Gasteiger partial charge in [-0.05, 0) is 49.4 Å². The highest BCUT2D eigenvalue weighted by molar-refractivity contribution is 5.65. The van der Waals surface area contributed by atoms with Crippen molar-refractivity contribution in [2.24, 2.45) is 13.0 Å². The van der Waals surface area contributed by atoms with Gasteiger partial charge in [0.05, 0.1) is 11.7 Å². The van der Waals surface area contributed by atoms with Crippen LogP contribution in [0.2, 0.25) is 0 Å². The number of rotatable bonds is 12. The van der Waals surface area contributed by atoms with Gasteiger partial charge in [0.15, 0.2) is 0 Å². The standard InChI is InChI=1S/C27H34FN3O2/c1-3-4-10-23(32)18-31(17-20-11-12-20)19-25-26(21-8-6-5-7-9-21)29-30(2)27(25)33-24-15-13-22(28)14-16-24/h5-9,13-16,20,23,32H,3-4,10-12,17-19H2,1-2H3/t23-/m0/s1. The molecule has 1 fully saturated rings. The van der Waals surface area contributed by atoms with Crippen LogP contribution in [0.4, 0.5) is 4.39 Å². The van der Waals surface area contributed by atoms with Gasteiger partial charge in [0, 0.05) is 32.2 Å². The van der Waals surface area contributed by atoms with Gasteiger partial charge in [-0.1, -0.05) is 50.1 Å². The van der Waals surface area contributed by atoms with Crippen LogP contribution >= 0.6 is 0 Å². The molecular weight excluding hydrogens is 417 g/mol. The van der Waals surface area contributed by atoms with Crippen LogP contribution < -0.4 is 4.74 Å². The Morgan fingerprint density at radius 2 is 1.88 bits per heavy atom. The van der Waals surface area contributed by atoms with E-state index in [1.165, 1.54) is 25.0 Å². The second-order valence-corrected chi connectivity index (χ2v) is 9.11. The summed E-state index contributed by atoms with van der Waals surface area (Å²) in [5, 5.41) is 15.5. The van der Waals surface area contributed by atoms with E-state index in [0.717, 1.165) is 42.6 Å². The van der Waals surface area contributed by atoms with Crippen LogP contribution in [0.1, 0.15) is 44.6 Å². The Labute approximate surface area is 195 Å². The number of unbranched alkanes of at least 4 members (excludes halogenated alkanes) is 1. The smallest absolute Gasteiger partial charge is 0.222 e.